The van der Waals surface area contributed by atoms with Gasteiger partial charge in [0, 0.05) is 43.8 Å². The Morgan fingerprint density at radius 2 is 1.94 bits per heavy atom. The number of piperidine rings is 1. The minimum absolute atomic E-state index is 0.202. The van der Waals surface area contributed by atoms with Gasteiger partial charge in [-0.1, -0.05) is 11.3 Å². The predicted octanol–water partition coefficient (Wildman–Crippen LogP) is 4.60. The van der Waals surface area contributed by atoms with Crippen LogP contribution >= 0.6 is 11.3 Å². The van der Waals surface area contributed by atoms with E-state index in [0.717, 1.165) is 39.5 Å². The van der Waals surface area contributed by atoms with Crippen LogP contribution in [0.25, 0.3) is 26.3 Å². The molecule has 1 fully saturated rings. The average Bonchev–Trinajstić information content (AvgIpc) is 3.39. The molecule has 1 saturated heterocycles. The van der Waals surface area contributed by atoms with Gasteiger partial charge >= 0.3 is 6.09 Å². The maximum Gasteiger partial charge on any atom is 0.410 e. The fraction of sp³-hybridized carbons (Fsp3) is 0.455. The van der Waals surface area contributed by atoms with Crippen LogP contribution in [0.4, 0.5) is 9.18 Å². The summed E-state index contributed by atoms with van der Waals surface area (Å²) in [6.45, 7) is 6.87. The summed E-state index contributed by atoms with van der Waals surface area (Å²) >= 11 is 1.48. The summed E-state index contributed by atoms with van der Waals surface area (Å²) in [6, 6.07) is 3.44. The number of nitrogens with zero attached hydrogens (tertiary/aromatic N) is 6. The number of aryl methyl sites for hydroxylation is 1. The smallest absolute Gasteiger partial charge is 0.410 e. The Balaban J connectivity index is 1.31. The maximum atomic E-state index is 14.5. The minimum Gasteiger partial charge on any atom is -0.444 e. The molecule has 0 spiro atoms. The monoisotopic (exact) mass is 456 g/mol. The predicted molar refractivity (Wildman–Crippen MR) is 120 cm³/mol. The summed E-state index contributed by atoms with van der Waals surface area (Å²) in [6.07, 6.45) is 5.03. The summed E-state index contributed by atoms with van der Waals surface area (Å²) in [5, 5.41) is 9.59. The molecule has 168 valence electrons. The van der Waals surface area contributed by atoms with Crippen LogP contribution in [0.3, 0.4) is 0 Å². The molecule has 0 bridgehead atoms. The van der Waals surface area contributed by atoms with Crippen molar-refractivity contribution in [1.82, 2.24) is 29.3 Å². The minimum atomic E-state index is -0.494. The van der Waals surface area contributed by atoms with E-state index in [-0.39, 0.29) is 17.8 Å². The molecule has 32 heavy (non-hydrogen) atoms. The van der Waals surface area contributed by atoms with Crippen molar-refractivity contribution >= 4 is 33.3 Å². The van der Waals surface area contributed by atoms with Gasteiger partial charge in [-0.25, -0.2) is 18.7 Å². The number of likely N-dealkylation sites (tertiary alicyclic amines) is 1. The third kappa shape index (κ3) is 3.94. The standard InChI is InChI=1S/C22H25FN6O2S/c1-22(2,3)31-21(30)28-7-5-13(6-8-28)19-24-20-29(26-19)12-17(32-20)14-9-15-11-27(4)25-18(15)16(23)10-14/h9-13H,5-8H2,1-4H3. The van der Waals surface area contributed by atoms with Gasteiger partial charge in [-0.2, -0.15) is 10.2 Å². The Kier molecular flexibility index (Phi) is 4.92. The molecule has 3 aromatic heterocycles. The number of amides is 1. The summed E-state index contributed by atoms with van der Waals surface area (Å²) in [7, 11) is 1.78. The molecule has 1 amide bonds. The first-order valence-electron chi connectivity index (χ1n) is 10.6. The van der Waals surface area contributed by atoms with Crippen molar-refractivity contribution in [2.45, 2.75) is 45.1 Å². The van der Waals surface area contributed by atoms with Gasteiger partial charge in [0.1, 0.15) is 11.1 Å². The van der Waals surface area contributed by atoms with Gasteiger partial charge in [0.15, 0.2) is 11.6 Å². The third-order valence-corrected chi connectivity index (χ3v) is 6.55. The Bertz CT molecular complexity index is 1280. The highest BCUT2D eigenvalue weighted by Crippen LogP contribution is 2.33. The van der Waals surface area contributed by atoms with Crippen molar-refractivity contribution in [3.63, 3.8) is 0 Å². The van der Waals surface area contributed by atoms with Gasteiger partial charge in [-0.15, -0.1) is 0 Å². The first kappa shape index (κ1) is 20.9. The Morgan fingerprint density at radius 1 is 1.19 bits per heavy atom. The number of carbonyl (C=O) groups is 1. The largest absolute Gasteiger partial charge is 0.444 e. The number of carbonyl (C=O) groups excluding carboxylic acids is 1. The quantitative estimate of drug-likeness (QED) is 0.441. The summed E-state index contributed by atoms with van der Waals surface area (Å²) in [5.41, 5.74) is 0.662. The molecule has 0 N–H and O–H groups in total. The Morgan fingerprint density at radius 3 is 2.62 bits per heavy atom. The zero-order valence-electron chi connectivity index (χ0n) is 18.5. The number of thiazole rings is 1. The first-order valence-corrected chi connectivity index (χ1v) is 11.5. The third-order valence-electron chi connectivity index (χ3n) is 5.53. The lowest BCUT2D eigenvalue weighted by Crippen LogP contribution is -2.41. The molecule has 1 aliphatic heterocycles. The first-order chi connectivity index (χ1) is 15.2. The molecule has 4 heterocycles. The zero-order chi connectivity index (χ0) is 22.6. The van der Waals surface area contributed by atoms with Gasteiger partial charge in [-0.05, 0) is 51.3 Å². The molecule has 5 rings (SSSR count). The topological polar surface area (TPSA) is 77.5 Å². The molecule has 1 aromatic carbocycles. The normalized spacial score (nSPS) is 15.7. The van der Waals surface area contributed by atoms with E-state index in [2.05, 4.69) is 10.2 Å². The second kappa shape index (κ2) is 7.54. The van der Waals surface area contributed by atoms with Crippen LogP contribution in [-0.4, -0.2) is 54.1 Å². The molecule has 0 saturated carbocycles. The molecule has 4 aromatic rings. The molecule has 1 aliphatic rings. The second-order valence-corrected chi connectivity index (χ2v) is 10.2. The lowest BCUT2D eigenvalue weighted by Gasteiger charge is -2.32. The van der Waals surface area contributed by atoms with E-state index >= 15 is 0 Å². The summed E-state index contributed by atoms with van der Waals surface area (Å²) in [5.74, 6) is 0.656. The van der Waals surface area contributed by atoms with Crippen LogP contribution in [0, 0.1) is 5.82 Å². The van der Waals surface area contributed by atoms with Crippen LogP contribution in [0.2, 0.25) is 0 Å². The molecule has 0 aliphatic carbocycles. The number of halogens is 1. The molecule has 10 heteroatoms. The van der Waals surface area contributed by atoms with Crippen LogP contribution in [0.5, 0.6) is 0 Å². The second-order valence-electron chi connectivity index (χ2n) is 9.23. The Hall–Kier alpha value is -3.01. The van der Waals surface area contributed by atoms with E-state index in [1.807, 2.05) is 33.0 Å². The van der Waals surface area contributed by atoms with Gasteiger partial charge in [0.2, 0.25) is 4.96 Å². The van der Waals surface area contributed by atoms with Crippen LogP contribution in [-0.2, 0) is 11.8 Å². The molecular formula is C22H25FN6O2S. The van der Waals surface area contributed by atoms with Gasteiger partial charge in [0.05, 0.1) is 4.88 Å². The van der Waals surface area contributed by atoms with E-state index in [1.165, 1.54) is 17.4 Å². The van der Waals surface area contributed by atoms with Crippen molar-refractivity contribution in [3.8, 4) is 10.4 Å². The van der Waals surface area contributed by atoms with Crippen LogP contribution in [0.15, 0.2) is 24.5 Å². The van der Waals surface area contributed by atoms with Crippen LogP contribution < -0.4 is 0 Å². The van der Waals surface area contributed by atoms with Crippen molar-refractivity contribution in [1.29, 1.82) is 0 Å². The number of ether oxygens (including phenoxy) is 1. The van der Waals surface area contributed by atoms with E-state index in [9.17, 15) is 9.18 Å². The lowest BCUT2D eigenvalue weighted by molar-refractivity contribution is 0.0203. The van der Waals surface area contributed by atoms with Gasteiger partial charge in [0.25, 0.3) is 0 Å². The number of benzene rings is 1. The summed E-state index contributed by atoms with van der Waals surface area (Å²) in [4.78, 5) is 20.4. The number of rotatable bonds is 2. The van der Waals surface area contributed by atoms with Gasteiger partial charge in [-0.3, -0.25) is 4.68 Å². The molecular weight excluding hydrogens is 431 g/mol. The van der Waals surface area contributed by atoms with E-state index in [1.54, 1.807) is 27.3 Å². The number of fused-ring (bicyclic) bond motifs is 2. The van der Waals surface area contributed by atoms with E-state index in [4.69, 9.17) is 9.72 Å². The van der Waals surface area contributed by atoms with Crippen molar-refractivity contribution < 1.29 is 13.9 Å². The molecule has 0 atom stereocenters. The SMILES string of the molecule is Cn1cc2cc(-c3cn4nc(C5CCN(C(=O)OC(C)(C)C)CC5)nc4s3)cc(F)c2n1. The highest BCUT2D eigenvalue weighted by molar-refractivity contribution is 7.20. The molecule has 0 radical (unpaired) electrons. The number of hydrogen-bond acceptors (Lipinski definition) is 6. The highest BCUT2D eigenvalue weighted by Gasteiger charge is 2.29. The van der Waals surface area contributed by atoms with Crippen LogP contribution in [0.1, 0.15) is 45.4 Å². The molecule has 0 unspecified atom stereocenters. The highest BCUT2D eigenvalue weighted by atomic mass is 32.1. The maximum absolute atomic E-state index is 14.5. The van der Waals surface area contributed by atoms with E-state index in [0.29, 0.717) is 18.6 Å². The summed E-state index contributed by atoms with van der Waals surface area (Å²) < 4.78 is 23.3. The van der Waals surface area contributed by atoms with Gasteiger partial charge < -0.3 is 9.64 Å². The average molecular weight is 457 g/mol. The van der Waals surface area contributed by atoms with E-state index < -0.39 is 5.60 Å². The fourth-order valence-electron chi connectivity index (χ4n) is 4.02. The van der Waals surface area contributed by atoms with Crippen molar-refractivity contribution in [2.75, 3.05) is 13.1 Å². The Labute approximate surface area is 188 Å². The fourth-order valence-corrected chi connectivity index (χ4v) is 4.93. The number of hydrogen-bond donors (Lipinski definition) is 0. The lowest BCUT2D eigenvalue weighted by atomic mass is 9.96. The van der Waals surface area contributed by atoms with Crippen molar-refractivity contribution in [2.24, 2.45) is 7.05 Å². The molecule has 8 nitrogen and oxygen atoms in total. The van der Waals surface area contributed by atoms with Crippen molar-refractivity contribution in [3.05, 3.63) is 36.2 Å². The number of aromatic nitrogens is 5. The zero-order valence-corrected chi connectivity index (χ0v) is 19.3.